The summed E-state index contributed by atoms with van der Waals surface area (Å²) in [5.41, 5.74) is 0.948. The molecule has 0 saturated carbocycles. The van der Waals surface area contributed by atoms with E-state index < -0.39 is 0 Å². The maximum Gasteiger partial charge on any atom is 0.261 e. The molecule has 1 N–H and O–H groups in total. The molecule has 5 heteroatoms. The zero-order valence-electron chi connectivity index (χ0n) is 11.6. The van der Waals surface area contributed by atoms with Gasteiger partial charge in [0.25, 0.3) is 5.91 Å². The number of carbonyl (C=O) groups excluding carboxylic acids is 1. The van der Waals surface area contributed by atoms with E-state index in [0.29, 0.717) is 23.2 Å². The van der Waals surface area contributed by atoms with Crippen LogP contribution in [0.4, 0.5) is 8.78 Å². The molecule has 0 aliphatic rings. The van der Waals surface area contributed by atoms with Gasteiger partial charge >= 0.3 is 0 Å². The highest BCUT2D eigenvalue weighted by Crippen LogP contribution is 2.27. The zero-order valence-corrected chi connectivity index (χ0v) is 12.4. The number of rotatable bonds is 4. The molecule has 3 aromatic rings. The monoisotopic (exact) mass is 317 g/mol. The van der Waals surface area contributed by atoms with E-state index in [4.69, 9.17) is 0 Å². The molecule has 1 aromatic heterocycles. The molecule has 3 rings (SSSR count). The third-order valence-corrected chi connectivity index (χ3v) is 4.44. The van der Waals surface area contributed by atoms with Gasteiger partial charge in [0.1, 0.15) is 11.6 Å². The van der Waals surface area contributed by atoms with Gasteiger partial charge in [-0.2, -0.15) is 0 Å². The van der Waals surface area contributed by atoms with Crippen molar-refractivity contribution in [1.29, 1.82) is 0 Å². The molecule has 2 nitrogen and oxygen atoms in total. The van der Waals surface area contributed by atoms with Crippen LogP contribution in [0.2, 0.25) is 0 Å². The van der Waals surface area contributed by atoms with E-state index in [9.17, 15) is 13.6 Å². The summed E-state index contributed by atoms with van der Waals surface area (Å²) in [6.45, 7) is 0.446. The normalized spacial score (nSPS) is 10.8. The summed E-state index contributed by atoms with van der Waals surface area (Å²) in [4.78, 5) is 12.6. The molecule has 2 aromatic carbocycles. The summed E-state index contributed by atoms with van der Waals surface area (Å²) >= 11 is 1.27. The highest BCUT2D eigenvalue weighted by atomic mass is 32.1. The molecule has 22 heavy (non-hydrogen) atoms. The standard InChI is InChI=1S/C17H13F2NOS/c18-12-6-4-11(5-7-12)8-9-20-17(21)16-10-13-14(19)2-1-3-15(13)22-16/h1-7,10H,8-9H2,(H,20,21). The SMILES string of the molecule is O=C(NCCc1ccc(F)cc1)c1cc2c(F)cccc2s1. The van der Waals surface area contributed by atoms with Crippen LogP contribution >= 0.6 is 11.3 Å². The lowest BCUT2D eigenvalue weighted by atomic mass is 10.1. The maximum atomic E-state index is 13.6. The summed E-state index contributed by atoms with van der Waals surface area (Å²) in [6, 6.07) is 12.5. The van der Waals surface area contributed by atoms with Crippen LogP contribution in [0.5, 0.6) is 0 Å². The molecule has 0 spiro atoms. The molecule has 1 amide bonds. The first-order chi connectivity index (χ1) is 10.6. The van der Waals surface area contributed by atoms with Crippen molar-refractivity contribution in [2.45, 2.75) is 6.42 Å². The molecular weight excluding hydrogens is 304 g/mol. The van der Waals surface area contributed by atoms with Crippen molar-refractivity contribution in [3.05, 3.63) is 70.6 Å². The fraction of sp³-hybridized carbons (Fsp3) is 0.118. The summed E-state index contributed by atoms with van der Waals surface area (Å²) in [5.74, 6) is -0.818. The van der Waals surface area contributed by atoms with Crippen LogP contribution < -0.4 is 5.32 Å². The second-order valence-electron chi connectivity index (χ2n) is 4.89. The lowest BCUT2D eigenvalue weighted by molar-refractivity contribution is 0.0958. The minimum atomic E-state index is -0.320. The molecule has 0 unspecified atom stereocenters. The van der Waals surface area contributed by atoms with Gasteiger partial charge in [0.05, 0.1) is 4.88 Å². The van der Waals surface area contributed by atoms with E-state index in [1.54, 1.807) is 30.3 Å². The molecule has 0 radical (unpaired) electrons. The van der Waals surface area contributed by atoms with Crippen LogP contribution in [0.15, 0.2) is 48.5 Å². The summed E-state index contributed by atoms with van der Waals surface area (Å²) in [7, 11) is 0. The molecule has 0 aliphatic carbocycles. The number of benzene rings is 2. The Kier molecular flexibility index (Phi) is 4.15. The van der Waals surface area contributed by atoms with Gasteiger partial charge in [-0.25, -0.2) is 8.78 Å². The molecule has 0 atom stereocenters. The number of amides is 1. The lowest BCUT2D eigenvalue weighted by Crippen LogP contribution is -2.24. The smallest absolute Gasteiger partial charge is 0.261 e. The summed E-state index contributed by atoms with van der Waals surface area (Å²) in [5, 5.41) is 3.27. The number of thiophene rings is 1. The van der Waals surface area contributed by atoms with Gasteiger partial charge in [-0.1, -0.05) is 18.2 Å². The Morgan fingerprint density at radius 1 is 1.09 bits per heavy atom. The summed E-state index contributed by atoms with van der Waals surface area (Å²) in [6.07, 6.45) is 0.616. The minimum absolute atomic E-state index is 0.220. The number of hydrogen-bond acceptors (Lipinski definition) is 2. The Morgan fingerprint density at radius 3 is 2.59 bits per heavy atom. The van der Waals surface area contributed by atoms with Crippen molar-refractivity contribution in [1.82, 2.24) is 5.32 Å². The third kappa shape index (κ3) is 3.14. The highest BCUT2D eigenvalue weighted by Gasteiger charge is 2.11. The first-order valence-electron chi connectivity index (χ1n) is 6.84. The van der Waals surface area contributed by atoms with Gasteiger partial charge < -0.3 is 5.32 Å². The van der Waals surface area contributed by atoms with Crippen LogP contribution in [0.25, 0.3) is 10.1 Å². The van der Waals surface area contributed by atoms with Crippen molar-refractivity contribution >= 4 is 27.3 Å². The Labute approximate surface area is 130 Å². The molecule has 0 fully saturated rings. The third-order valence-electron chi connectivity index (χ3n) is 3.34. The van der Waals surface area contributed by atoms with E-state index in [2.05, 4.69) is 5.32 Å². The Balaban J connectivity index is 1.63. The Morgan fingerprint density at radius 2 is 1.86 bits per heavy atom. The zero-order chi connectivity index (χ0) is 15.5. The van der Waals surface area contributed by atoms with Gasteiger partial charge in [-0.05, 0) is 42.3 Å². The van der Waals surface area contributed by atoms with E-state index in [0.717, 1.165) is 10.3 Å². The Bertz CT molecular complexity index is 811. The lowest BCUT2D eigenvalue weighted by Gasteiger charge is -2.03. The largest absolute Gasteiger partial charge is 0.351 e. The molecule has 0 aliphatic heterocycles. The van der Waals surface area contributed by atoms with Crippen molar-refractivity contribution in [2.24, 2.45) is 0 Å². The quantitative estimate of drug-likeness (QED) is 0.769. The number of fused-ring (bicyclic) bond motifs is 1. The van der Waals surface area contributed by atoms with Crippen LogP contribution in [0, 0.1) is 11.6 Å². The molecule has 112 valence electrons. The van der Waals surface area contributed by atoms with E-state index >= 15 is 0 Å². The fourth-order valence-electron chi connectivity index (χ4n) is 2.20. The van der Waals surface area contributed by atoms with Gasteiger partial charge in [0.2, 0.25) is 0 Å². The number of halogens is 2. The average molecular weight is 317 g/mol. The van der Waals surface area contributed by atoms with Crippen molar-refractivity contribution in [3.63, 3.8) is 0 Å². The first kappa shape index (κ1) is 14.7. The van der Waals surface area contributed by atoms with Crippen molar-refractivity contribution in [3.8, 4) is 0 Å². The summed E-state index contributed by atoms with van der Waals surface area (Å²) < 4.78 is 27.2. The van der Waals surface area contributed by atoms with Crippen LogP contribution in [-0.4, -0.2) is 12.5 Å². The van der Waals surface area contributed by atoms with Gasteiger partial charge in [-0.3, -0.25) is 4.79 Å². The van der Waals surface area contributed by atoms with Crippen LogP contribution in [-0.2, 0) is 6.42 Å². The van der Waals surface area contributed by atoms with Crippen molar-refractivity contribution in [2.75, 3.05) is 6.54 Å². The van der Waals surface area contributed by atoms with Gasteiger partial charge in [0.15, 0.2) is 0 Å². The van der Waals surface area contributed by atoms with E-state index in [1.165, 1.54) is 29.5 Å². The first-order valence-corrected chi connectivity index (χ1v) is 7.66. The van der Waals surface area contributed by atoms with E-state index in [1.807, 2.05) is 0 Å². The second-order valence-corrected chi connectivity index (χ2v) is 5.98. The number of nitrogens with one attached hydrogen (secondary N) is 1. The molecule has 0 saturated heterocycles. The topological polar surface area (TPSA) is 29.1 Å². The minimum Gasteiger partial charge on any atom is -0.351 e. The highest BCUT2D eigenvalue weighted by molar-refractivity contribution is 7.20. The fourth-order valence-corrected chi connectivity index (χ4v) is 3.19. The Hall–Kier alpha value is -2.27. The van der Waals surface area contributed by atoms with Crippen LogP contribution in [0.3, 0.4) is 0 Å². The van der Waals surface area contributed by atoms with Crippen LogP contribution in [0.1, 0.15) is 15.2 Å². The molecule has 0 bridgehead atoms. The predicted octanol–water partition coefficient (Wildman–Crippen LogP) is 4.15. The number of carbonyl (C=O) groups is 1. The maximum absolute atomic E-state index is 13.6. The molecule has 1 heterocycles. The van der Waals surface area contributed by atoms with E-state index in [-0.39, 0.29) is 17.5 Å². The average Bonchev–Trinajstić information content (AvgIpc) is 2.95. The van der Waals surface area contributed by atoms with Crippen molar-refractivity contribution < 1.29 is 13.6 Å². The number of hydrogen-bond donors (Lipinski definition) is 1. The predicted molar refractivity (Wildman–Crippen MR) is 84.2 cm³/mol. The van der Waals surface area contributed by atoms with Gasteiger partial charge in [-0.15, -0.1) is 11.3 Å². The molecular formula is C17H13F2NOS. The second kappa shape index (κ2) is 6.23. The van der Waals surface area contributed by atoms with Gasteiger partial charge in [0, 0.05) is 16.6 Å².